The van der Waals surface area contributed by atoms with Crippen molar-refractivity contribution in [2.45, 2.75) is 57.7 Å². The Labute approximate surface area is 226 Å². The Morgan fingerprint density at radius 2 is 1.58 bits per heavy atom. The van der Waals surface area contributed by atoms with Gasteiger partial charge in [0.25, 0.3) is 0 Å². The molecule has 2 heterocycles. The van der Waals surface area contributed by atoms with Crippen LogP contribution in [-0.4, -0.2) is 53.3 Å². The summed E-state index contributed by atoms with van der Waals surface area (Å²) in [5.41, 5.74) is 10.2. The van der Waals surface area contributed by atoms with Gasteiger partial charge in [-0.1, -0.05) is 85.8 Å². The second kappa shape index (κ2) is 10.8. The van der Waals surface area contributed by atoms with E-state index in [1.165, 1.54) is 5.56 Å². The molecule has 38 heavy (non-hydrogen) atoms. The normalized spacial score (nSPS) is 20.7. The van der Waals surface area contributed by atoms with Crippen LogP contribution in [0.4, 0.5) is 0 Å². The number of aliphatic imine (C=N–C) groups is 1. The zero-order valence-corrected chi connectivity index (χ0v) is 23.0. The monoisotopic (exact) mass is 509 g/mol. The van der Waals surface area contributed by atoms with Crippen LogP contribution in [0.3, 0.4) is 0 Å². The minimum absolute atomic E-state index is 0.213. The lowest BCUT2D eigenvalue weighted by Gasteiger charge is -2.40. The predicted octanol–water partition coefficient (Wildman–Crippen LogP) is 3.70. The maximum absolute atomic E-state index is 7.24. The second-order valence-electron chi connectivity index (χ2n) is 10.9. The van der Waals surface area contributed by atoms with Crippen LogP contribution in [0.25, 0.3) is 5.70 Å². The Bertz CT molecular complexity index is 1400. The molecule has 0 saturated carbocycles. The molecular weight excluding hydrogens is 470 g/mol. The van der Waals surface area contributed by atoms with Gasteiger partial charge in [0.15, 0.2) is 12.0 Å². The van der Waals surface area contributed by atoms with E-state index in [-0.39, 0.29) is 11.9 Å². The molecule has 0 fully saturated rings. The molecule has 0 radical (unpaired) electrons. The minimum atomic E-state index is -0.972. The van der Waals surface area contributed by atoms with E-state index < -0.39 is 5.66 Å². The standard InChI is InChI=1S/C32H39N5O/c1-5-20-36(22-25-16-10-7-11-17-25)30-34-29-28(37(30)23-31(2,3)38-4)26-18-12-13-19-27(26)35-32(29,33)21-24-14-8-6-9-15-24/h6-19,30H,5,20-23,33H2,1-4H3. The Kier molecular flexibility index (Phi) is 7.48. The van der Waals surface area contributed by atoms with Crippen molar-refractivity contribution < 1.29 is 4.74 Å². The molecule has 0 amide bonds. The summed E-state index contributed by atoms with van der Waals surface area (Å²) in [6.45, 7) is 8.84. The van der Waals surface area contributed by atoms with Crippen LogP contribution in [0, 0.1) is 0 Å². The number of hydrogen-bond acceptors (Lipinski definition) is 6. The van der Waals surface area contributed by atoms with Crippen molar-refractivity contribution in [2.24, 2.45) is 15.7 Å². The third kappa shape index (κ3) is 5.30. The average molecular weight is 510 g/mol. The molecule has 2 aliphatic heterocycles. The molecule has 2 aliphatic rings. The van der Waals surface area contributed by atoms with Crippen molar-refractivity contribution in [3.8, 4) is 0 Å². The van der Waals surface area contributed by atoms with Gasteiger partial charge in [-0.2, -0.15) is 0 Å². The summed E-state index contributed by atoms with van der Waals surface area (Å²) in [7, 11) is 1.78. The summed E-state index contributed by atoms with van der Waals surface area (Å²) in [5, 5.41) is 1.98. The van der Waals surface area contributed by atoms with Gasteiger partial charge in [0.1, 0.15) is 5.71 Å². The molecule has 3 aromatic carbocycles. The van der Waals surface area contributed by atoms with Crippen molar-refractivity contribution >= 4 is 11.4 Å². The Morgan fingerprint density at radius 3 is 2.24 bits per heavy atom. The highest BCUT2D eigenvalue weighted by molar-refractivity contribution is 6.24. The van der Waals surface area contributed by atoms with Crippen molar-refractivity contribution in [1.29, 1.82) is 0 Å². The van der Waals surface area contributed by atoms with E-state index in [4.69, 9.17) is 20.5 Å². The van der Waals surface area contributed by atoms with E-state index in [2.05, 4.69) is 103 Å². The summed E-state index contributed by atoms with van der Waals surface area (Å²) < 4.78 is 5.94. The third-order valence-corrected chi connectivity index (χ3v) is 7.41. The Hall–Kier alpha value is -3.32. The number of nitrogens with zero attached hydrogens (tertiary/aromatic N) is 4. The van der Waals surface area contributed by atoms with Gasteiger partial charge in [0.2, 0.25) is 0 Å². The molecule has 198 valence electrons. The number of rotatable bonds is 10. The molecule has 0 saturated heterocycles. The van der Waals surface area contributed by atoms with E-state index in [0.717, 1.165) is 47.1 Å². The lowest BCUT2D eigenvalue weighted by molar-refractivity contribution is -0.0207. The zero-order chi connectivity index (χ0) is 26.8. The van der Waals surface area contributed by atoms with Crippen LogP contribution in [-0.2, 0) is 17.7 Å². The molecule has 0 aromatic heterocycles. The zero-order valence-electron chi connectivity index (χ0n) is 23.0. The molecule has 2 N–H and O–H groups in total. The molecule has 5 rings (SSSR count). The van der Waals surface area contributed by atoms with Crippen molar-refractivity contribution in [3.63, 3.8) is 0 Å². The summed E-state index contributed by atoms with van der Waals surface area (Å²) in [6, 6.07) is 29.3. The molecule has 3 aromatic rings. The van der Waals surface area contributed by atoms with Crippen LogP contribution in [0.15, 0.2) is 94.9 Å². The van der Waals surface area contributed by atoms with Gasteiger partial charge < -0.3 is 15.4 Å². The van der Waals surface area contributed by atoms with Crippen molar-refractivity contribution in [2.75, 3.05) is 20.2 Å². The fourth-order valence-electron chi connectivity index (χ4n) is 5.46. The molecule has 6 heteroatoms. The molecule has 2 atom stereocenters. The quantitative estimate of drug-likeness (QED) is 0.453. The highest BCUT2D eigenvalue weighted by Crippen LogP contribution is 2.34. The second-order valence-corrected chi connectivity index (χ2v) is 10.9. The first-order valence-corrected chi connectivity index (χ1v) is 13.5. The lowest BCUT2D eigenvalue weighted by Crippen LogP contribution is -2.57. The van der Waals surface area contributed by atoms with E-state index in [9.17, 15) is 0 Å². The minimum Gasteiger partial charge on any atom is -0.377 e. The first kappa shape index (κ1) is 26.3. The molecule has 6 nitrogen and oxygen atoms in total. The third-order valence-electron chi connectivity index (χ3n) is 7.41. The number of benzene rings is 3. The summed E-state index contributed by atoms with van der Waals surface area (Å²) in [4.78, 5) is 15.4. The van der Waals surface area contributed by atoms with Gasteiger partial charge in [-0.3, -0.25) is 9.89 Å². The van der Waals surface area contributed by atoms with Crippen LogP contribution in [0.1, 0.15) is 38.3 Å². The van der Waals surface area contributed by atoms with E-state index >= 15 is 0 Å². The Morgan fingerprint density at radius 1 is 0.947 bits per heavy atom. The summed E-state index contributed by atoms with van der Waals surface area (Å²) in [6.07, 6.45) is 1.38. The predicted molar refractivity (Wildman–Crippen MR) is 154 cm³/mol. The largest absolute Gasteiger partial charge is 0.377 e. The number of hydrogen-bond donors (Lipinski definition) is 1. The van der Waals surface area contributed by atoms with E-state index in [0.29, 0.717) is 13.0 Å². The highest BCUT2D eigenvalue weighted by Gasteiger charge is 2.46. The fourth-order valence-corrected chi connectivity index (χ4v) is 5.46. The first-order chi connectivity index (χ1) is 18.3. The number of methoxy groups -OCH3 is 1. The number of fused-ring (bicyclic) bond motifs is 2. The number of ether oxygens (including phenoxy) is 1. The summed E-state index contributed by atoms with van der Waals surface area (Å²) >= 11 is 0. The molecule has 0 spiro atoms. The van der Waals surface area contributed by atoms with Crippen LogP contribution < -0.4 is 16.3 Å². The van der Waals surface area contributed by atoms with Crippen LogP contribution >= 0.6 is 0 Å². The van der Waals surface area contributed by atoms with Gasteiger partial charge in [-0.25, -0.2) is 4.99 Å². The molecule has 0 bridgehead atoms. The molecule has 0 aliphatic carbocycles. The summed E-state index contributed by atoms with van der Waals surface area (Å²) in [5.74, 6) is 0. The van der Waals surface area contributed by atoms with Gasteiger partial charge >= 0.3 is 0 Å². The fraction of sp³-hybridized carbons (Fsp3) is 0.375. The van der Waals surface area contributed by atoms with Gasteiger partial charge in [-0.15, -0.1) is 0 Å². The Balaban J connectivity index is 1.67. The first-order valence-electron chi connectivity index (χ1n) is 13.5. The smallest absolute Gasteiger partial charge is 0.179 e. The number of para-hydroxylation sites is 1. The lowest BCUT2D eigenvalue weighted by atomic mass is 9.90. The van der Waals surface area contributed by atoms with E-state index in [1.54, 1.807) is 7.11 Å². The van der Waals surface area contributed by atoms with Gasteiger partial charge in [0.05, 0.1) is 16.7 Å². The van der Waals surface area contributed by atoms with Crippen LogP contribution in [0.2, 0.25) is 0 Å². The SMILES string of the molecule is CCCN(Cc1ccccc1)C1N=C2C(=c3ccccc3=NC2(N)Cc2ccccc2)N1CC(C)(C)OC. The van der Waals surface area contributed by atoms with Gasteiger partial charge in [0, 0.05) is 38.4 Å². The molecule has 2 unspecified atom stereocenters. The topological polar surface area (TPSA) is 66.5 Å². The highest BCUT2D eigenvalue weighted by atomic mass is 16.5. The van der Waals surface area contributed by atoms with Gasteiger partial charge in [-0.05, 0) is 37.5 Å². The molecular formula is C32H39N5O. The van der Waals surface area contributed by atoms with Crippen molar-refractivity contribution in [3.05, 3.63) is 107 Å². The maximum atomic E-state index is 7.24. The number of nitrogens with two attached hydrogens (primary N) is 1. The van der Waals surface area contributed by atoms with Crippen molar-refractivity contribution in [1.82, 2.24) is 9.80 Å². The average Bonchev–Trinajstić information content (AvgIpc) is 3.29. The van der Waals surface area contributed by atoms with E-state index in [1.807, 2.05) is 12.1 Å². The maximum Gasteiger partial charge on any atom is 0.179 e. The van der Waals surface area contributed by atoms with Crippen LogP contribution in [0.5, 0.6) is 0 Å².